The van der Waals surface area contributed by atoms with Crippen molar-refractivity contribution in [2.24, 2.45) is 0 Å². The highest BCUT2D eigenvalue weighted by molar-refractivity contribution is 6.30. The largest absolute Gasteiger partial charge is 0.373 e. The molecule has 1 N–H and O–H groups in total. The van der Waals surface area contributed by atoms with Crippen LogP contribution in [0.15, 0.2) is 24.3 Å². The number of ether oxygens (including phenoxy) is 1. The first-order valence-corrected chi connectivity index (χ1v) is 8.22. The number of rotatable bonds is 7. The Kier molecular flexibility index (Phi) is 5.88. The average Bonchev–Trinajstić information content (AvgIpc) is 2.89. The topological polar surface area (TPSA) is 21.3 Å². The Balaban J connectivity index is 2.30. The summed E-state index contributed by atoms with van der Waals surface area (Å²) in [6.45, 7) is 6.07. The highest BCUT2D eigenvalue weighted by Gasteiger charge is 2.42. The van der Waals surface area contributed by atoms with Gasteiger partial charge in [-0.05, 0) is 50.4 Å². The summed E-state index contributed by atoms with van der Waals surface area (Å²) in [5.41, 5.74) is 1.19. The number of hydrogen-bond donors (Lipinski definition) is 1. The van der Waals surface area contributed by atoms with Crippen LogP contribution in [0.25, 0.3) is 0 Å². The molecule has 1 aliphatic carbocycles. The third kappa shape index (κ3) is 3.55. The smallest absolute Gasteiger partial charge is 0.0876 e. The van der Waals surface area contributed by atoms with Crippen LogP contribution < -0.4 is 5.32 Å². The summed E-state index contributed by atoms with van der Waals surface area (Å²) in [5, 5.41) is 4.50. The van der Waals surface area contributed by atoms with E-state index in [0.29, 0.717) is 0 Å². The summed E-state index contributed by atoms with van der Waals surface area (Å²) in [6, 6.07) is 8.45. The molecule has 1 aromatic carbocycles. The molecule has 0 aromatic heterocycles. The predicted molar refractivity (Wildman–Crippen MR) is 85.3 cm³/mol. The lowest BCUT2D eigenvalue weighted by Gasteiger charge is -2.38. The fourth-order valence-corrected chi connectivity index (χ4v) is 3.56. The second-order valence-electron chi connectivity index (χ2n) is 5.65. The van der Waals surface area contributed by atoms with E-state index in [0.717, 1.165) is 37.4 Å². The molecular formula is C17H26ClNO. The van der Waals surface area contributed by atoms with Crippen LogP contribution in [0.4, 0.5) is 0 Å². The van der Waals surface area contributed by atoms with E-state index in [2.05, 4.69) is 31.3 Å². The fourth-order valence-electron chi connectivity index (χ4n) is 3.36. The quantitative estimate of drug-likeness (QED) is 0.785. The molecule has 0 bridgehead atoms. The first kappa shape index (κ1) is 15.8. The SMILES string of the molecule is CCCNC(c1cccc(Cl)c1)C1(OCC)CCCC1. The predicted octanol–water partition coefficient (Wildman–Crippen LogP) is 4.73. The normalized spacial score (nSPS) is 19.1. The van der Waals surface area contributed by atoms with E-state index in [4.69, 9.17) is 16.3 Å². The van der Waals surface area contributed by atoms with Crippen molar-refractivity contribution < 1.29 is 4.74 Å². The summed E-state index contributed by atoms with van der Waals surface area (Å²) in [6.07, 6.45) is 5.90. The van der Waals surface area contributed by atoms with Gasteiger partial charge in [-0.15, -0.1) is 0 Å². The molecule has 0 amide bonds. The molecule has 20 heavy (non-hydrogen) atoms. The molecular weight excluding hydrogens is 270 g/mol. The monoisotopic (exact) mass is 295 g/mol. The Morgan fingerprint density at radius 1 is 1.30 bits per heavy atom. The van der Waals surface area contributed by atoms with Gasteiger partial charge >= 0.3 is 0 Å². The molecule has 1 saturated carbocycles. The maximum Gasteiger partial charge on any atom is 0.0876 e. The van der Waals surface area contributed by atoms with E-state index in [1.165, 1.54) is 18.4 Å². The zero-order valence-corrected chi connectivity index (χ0v) is 13.4. The Bertz CT molecular complexity index is 415. The van der Waals surface area contributed by atoms with Crippen molar-refractivity contribution in [2.75, 3.05) is 13.2 Å². The van der Waals surface area contributed by atoms with Crippen molar-refractivity contribution >= 4 is 11.6 Å². The lowest BCUT2D eigenvalue weighted by atomic mass is 9.86. The van der Waals surface area contributed by atoms with Crippen LogP contribution in [-0.4, -0.2) is 18.8 Å². The molecule has 0 aliphatic heterocycles. The summed E-state index contributed by atoms with van der Waals surface area (Å²) >= 11 is 6.18. The maximum atomic E-state index is 6.24. The molecule has 1 aliphatic rings. The third-order valence-electron chi connectivity index (χ3n) is 4.19. The molecule has 0 radical (unpaired) electrons. The van der Waals surface area contributed by atoms with Crippen LogP contribution in [0.1, 0.15) is 57.6 Å². The van der Waals surface area contributed by atoms with Gasteiger partial charge in [0.05, 0.1) is 11.6 Å². The second kappa shape index (κ2) is 7.44. The Hall–Kier alpha value is -0.570. The maximum absolute atomic E-state index is 6.24. The van der Waals surface area contributed by atoms with Crippen LogP contribution in [0.5, 0.6) is 0 Å². The van der Waals surface area contributed by atoms with Crippen LogP contribution in [0.3, 0.4) is 0 Å². The van der Waals surface area contributed by atoms with Gasteiger partial charge in [-0.2, -0.15) is 0 Å². The third-order valence-corrected chi connectivity index (χ3v) is 4.42. The lowest BCUT2D eigenvalue weighted by Crippen LogP contribution is -2.44. The number of benzene rings is 1. The molecule has 2 nitrogen and oxygen atoms in total. The molecule has 1 atom stereocenters. The fraction of sp³-hybridized carbons (Fsp3) is 0.647. The van der Waals surface area contributed by atoms with Crippen molar-refractivity contribution in [3.05, 3.63) is 34.9 Å². The summed E-state index contributed by atoms with van der Waals surface area (Å²) < 4.78 is 6.24. The van der Waals surface area contributed by atoms with E-state index in [1.807, 2.05) is 12.1 Å². The van der Waals surface area contributed by atoms with Gasteiger partial charge in [0.25, 0.3) is 0 Å². The summed E-state index contributed by atoms with van der Waals surface area (Å²) in [7, 11) is 0. The van der Waals surface area contributed by atoms with Gasteiger partial charge in [0.1, 0.15) is 0 Å². The van der Waals surface area contributed by atoms with Gasteiger partial charge in [-0.1, -0.05) is 43.5 Å². The average molecular weight is 296 g/mol. The minimum absolute atomic E-state index is 0.0609. The Labute approximate surface area is 127 Å². The molecule has 1 unspecified atom stereocenters. The zero-order valence-electron chi connectivity index (χ0n) is 12.6. The molecule has 112 valence electrons. The van der Waals surface area contributed by atoms with Crippen molar-refractivity contribution in [3.63, 3.8) is 0 Å². The molecule has 0 heterocycles. The van der Waals surface area contributed by atoms with E-state index in [1.54, 1.807) is 0 Å². The van der Waals surface area contributed by atoms with E-state index < -0.39 is 0 Å². The number of nitrogens with one attached hydrogen (secondary N) is 1. The molecule has 1 aromatic rings. The van der Waals surface area contributed by atoms with Crippen molar-refractivity contribution in [1.82, 2.24) is 5.32 Å². The lowest BCUT2D eigenvalue weighted by molar-refractivity contribution is -0.0626. The number of halogens is 1. The van der Waals surface area contributed by atoms with E-state index in [9.17, 15) is 0 Å². The van der Waals surface area contributed by atoms with Gasteiger partial charge in [0.2, 0.25) is 0 Å². The molecule has 0 saturated heterocycles. The minimum atomic E-state index is -0.0609. The highest BCUT2D eigenvalue weighted by atomic mass is 35.5. The highest BCUT2D eigenvalue weighted by Crippen LogP contribution is 2.43. The van der Waals surface area contributed by atoms with Gasteiger partial charge in [-0.25, -0.2) is 0 Å². The molecule has 1 fully saturated rings. The van der Waals surface area contributed by atoms with E-state index in [-0.39, 0.29) is 11.6 Å². The second-order valence-corrected chi connectivity index (χ2v) is 6.08. The summed E-state index contributed by atoms with van der Waals surface area (Å²) in [5.74, 6) is 0. The zero-order chi connectivity index (χ0) is 14.4. The number of hydrogen-bond acceptors (Lipinski definition) is 2. The van der Waals surface area contributed by atoms with Gasteiger partial charge in [-0.3, -0.25) is 0 Å². The van der Waals surface area contributed by atoms with Crippen molar-refractivity contribution in [1.29, 1.82) is 0 Å². The van der Waals surface area contributed by atoms with Crippen LogP contribution in [-0.2, 0) is 4.74 Å². The van der Waals surface area contributed by atoms with Crippen LogP contribution in [0, 0.1) is 0 Å². The van der Waals surface area contributed by atoms with Gasteiger partial charge in [0.15, 0.2) is 0 Å². The molecule has 0 spiro atoms. The molecule has 2 rings (SSSR count). The standard InChI is InChI=1S/C17H26ClNO/c1-3-12-19-16(14-8-7-9-15(18)13-14)17(20-4-2)10-5-6-11-17/h7-9,13,16,19H,3-6,10-12H2,1-2H3. The van der Waals surface area contributed by atoms with E-state index >= 15 is 0 Å². The minimum Gasteiger partial charge on any atom is -0.373 e. The first-order chi connectivity index (χ1) is 9.72. The molecule has 3 heteroatoms. The van der Waals surface area contributed by atoms with Crippen molar-refractivity contribution in [3.8, 4) is 0 Å². The van der Waals surface area contributed by atoms with Gasteiger partial charge < -0.3 is 10.1 Å². The first-order valence-electron chi connectivity index (χ1n) is 7.84. The van der Waals surface area contributed by atoms with Crippen LogP contribution in [0.2, 0.25) is 5.02 Å². The Morgan fingerprint density at radius 2 is 2.05 bits per heavy atom. The van der Waals surface area contributed by atoms with Gasteiger partial charge in [0, 0.05) is 11.6 Å². The van der Waals surface area contributed by atoms with Crippen molar-refractivity contribution in [2.45, 2.75) is 57.6 Å². The van der Waals surface area contributed by atoms with Crippen LogP contribution >= 0.6 is 11.6 Å². The summed E-state index contributed by atoms with van der Waals surface area (Å²) in [4.78, 5) is 0. The Morgan fingerprint density at radius 3 is 2.65 bits per heavy atom.